The first-order chi connectivity index (χ1) is 10.4. The number of ether oxygens (including phenoxy) is 2. The van der Waals surface area contributed by atoms with E-state index in [1.807, 2.05) is 20.8 Å². The zero-order chi connectivity index (χ0) is 16.4. The smallest absolute Gasteiger partial charge is 0.407 e. The van der Waals surface area contributed by atoms with Gasteiger partial charge in [-0.1, -0.05) is 19.8 Å². The Morgan fingerprint density at radius 1 is 1.32 bits per heavy atom. The second-order valence-corrected chi connectivity index (χ2v) is 7.13. The average molecular weight is 314 g/mol. The molecule has 1 heterocycles. The van der Waals surface area contributed by atoms with Crippen LogP contribution < -0.4 is 10.6 Å². The lowest BCUT2D eigenvalue weighted by Crippen LogP contribution is -2.46. The molecule has 130 valence electrons. The molecule has 0 aromatic rings. The molecule has 0 spiro atoms. The van der Waals surface area contributed by atoms with Gasteiger partial charge in [-0.15, -0.1) is 0 Å². The largest absolute Gasteiger partial charge is 0.444 e. The first-order valence-electron chi connectivity index (χ1n) is 8.71. The average Bonchev–Trinajstić information content (AvgIpc) is 2.68. The van der Waals surface area contributed by atoms with E-state index in [9.17, 15) is 4.79 Å². The van der Waals surface area contributed by atoms with Crippen molar-refractivity contribution in [2.24, 2.45) is 0 Å². The van der Waals surface area contributed by atoms with Crippen LogP contribution in [0.15, 0.2) is 0 Å². The molecule has 1 fully saturated rings. The van der Waals surface area contributed by atoms with E-state index in [-0.39, 0.29) is 6.09 Å². The summed E-state index contributed by atoms with van der Waals surface area (Å²) >= 11 is 0. The lowest BCUT2D eigenvalue weighted by atomic mass is 10.0. The third kappa shape index (κ3) is 9.26. The number of hydrogen-bond donors (Lipinski definition) is 2. The maximum Gasteiger partial charge on any atom is 0.407 e. The van der Waals surface area contributed by atoms with Gasteiger partial charge in [0.1, 0.15) is 5.60 Å². The van der Waals surface area contributed by atoms with Crippen molar-refractivity contribution in [3.63, 3.8) is 0 Å². The quantitative estimate of drug-likeness (QED) is 0.757. The standard InChI is InChI=1S/C17H34N2O3/c1-5-6-8-15(13-18-16(20)22-17(2,3)4)19-14-9-7-11-21-12-10-14/h14-15,19H,5-13H2,1-4H3,(H,18,20). The molecule has 0 aliphatic carbocycles. The van der Waals surface area contributed by atoms with Crippen molar-refractivity contribution < 1.29 is 14.3 Å². The van der Waals surface area contributed by atoms with Gasteiger partial charge in [-0.2, -0.15) is 0 Å². The minimum absolute atomic E-state index is 0.301. The van der Waals surface area contributed by atoms with E-state index in [1.165, 1.54) is 6.42 Å². The highest BCUT2D eigenvalue weighted by atomic mass is 16.6. The predicted molar refractivity (Wildman–Crippen MR) is 89.1 cm³/mol. The van der Waals surface area contributed by atoms with Crippen LogP contribution in [-0.2, 0) is 9.47 Å². The Balaban J connectivity index is 2.40. The van der Waals surface area contributed by atoms with Gasteiger partial charge in [-0.25, -0.2) is 4.79 Å². The highest BCUT2D eigenvalue weighted by Gasteiger charge is 2.20. The molecular formula is C17H34N2O3. The van der Waals surface area contributed by atoms with Gasteiger partial charge in [0.25, 0.3) is 0 Å². The molecule has 1 saturated heterocycles. The number of rotatable bonds is 7. The van der Waals surface area contributed by atoms with Crippen molar-refractivity contribution in [2.45, 2.75) is 83.9 Å². The zero-order valence-electron chi connectivity index (χ0n) is 14.7. The predicted octanol–water partition coefficient (Wildman–Crippen LogP) is 3.23. The van der Waals surface area contributed by atoms with E-state index in [0.29, 0.717) is 18.6 Å². The summed E-state index contributed by atoms with van der Waals surface area (Å²) in [5, 5.41) is 6.60. The Hall–Kier alpha value is -0.810. The number of carbonyl (C=O) groups is 1. The molecule has 1 aliphatic heterocycles. The number of unbranched alkanes of at least 4 members (excludes halogenated alkanes) is 1. The summed E-state index contributed by atoms with van der Waals surface area (Å²) in [7, 11) is 0. The molecule has 1 amide bonds. The first kappa shape index (κ1) is 19.2. The molecule has 0 saturated carbocycles. The molecule has 5 heteroatoms. The summed E-state index contributed by atoms with van der Waals surface area (Å²) in [5.41, 5.74) is -0.449. The summed E-state index contributed by atoms with van der Waals surface area (Å²) in [6.07, 6.45) is 6.38. The Bertz CT molecular complexity index is 308. The zero-order valence-corrected chi connectivity index (χ0v) is 14.7. The van der Waals surface area contributed by atoms with E-state index >= 15 is 0 Å². The molecule has 2 atom stereocenters. The van der Waals surface area contributed by atoms with E-state index < -0.39 is 5.60 Å². The van der Waals surface area contributed by atoms with Crippen LogP contribution in [0.3, 0.4) is 0 Å². The molecule has 2 unspecified atom stereocenters. The Morgan fingerprint density at radius 2 is 2.09 bits per heavy atom. The third-order valence-electron chi connectivity index (χ3n) is 3.72. The topological polar surface area (TPSA) is 59.6 Å². The number of carbonyl (C=O) groups excluding carboxylic acids is 1. The van der Waals surface area contributed by atoms with Crippen LogP contribution in [0.1, 0.15) is 66.2 Å². The van der Waals surface area contributed by atoms with Gasteiger partial charge >= 0.3 is 6.09 Å². The highest BCUT2D eigenvalue weighted by Crippen LogP contribution is 2.11. The third-order valence-corrected chi connectivity index (χ3v) is 3.72. The normalized spacial score (nSPS) is 21.0. The number of hydrogen-bond acceptors (Lipinski definition) is 4. The van der Waals surface area contributed by atoms with Gasteiger partial charge < -0.3 is 20.1 Å². The fourth-order valence-electron chi connectivity index (χ4n) is 2.62. The molecule has 1 rings (SSSR count). The van der Waals surface area contributed by atoms with Crippen LogP contribution in [0.5, 0.6) is 0 Å². The molecule has 0 aromatic heterocycles. The van der Waals surface area contributed by atoms with Crippen LogP contribution in [0.4, 0.5) is 4.79 Å². The summed E-state index contributed by atoms with van der Waals surface area (Å²) in [4.78, 5) is 11.8. The molecule has 1 aliphatic rings. The van der Waals surface area contributed by atoms with Crippen molar-refractivity contribution in [3.8, 4) is 0 Å². The molecular weight excluding hydrogens is 280 g/mol. The van der Waals surface area contributed by atoms with Gasteiger partial charge in [0.15, 0.2) is 0 Å². The van der Waals surface area contributed by atoms with Crippen molar-refractivity contribution in [1.29, 1.82) is 0 Å². The van der Waals surface area contributed by atoms with Crippen molar-refractivity contribution in [3.05, 3.63) is 0 Å². The van der Waals surface area contributed by atoms with E-state index in [4.69, 9.17) is 9.47 Å². The highest BCUT2D eigenvalue weighted by molar-refractivity contribution is 5.67. The Labute approximate surface area is 135 Å². The Kier molecular flexibility index (Phi) is 8.79. The van der Waals surface area contributed by atoms with Crippen LogP contribution >= 0.6 is 0 Å². The number of alkyl carbamates (subject to hydrolysis) is 1. The van der Waals surface area contributed by atoms with Crippen molar-refractivity contribution in [1.82, 2.24) is 10.6 Å². The molecule has 2 N–H and O–H groups in total. The Morgan fingerprint density at radius 3 is 2.77 bits per heavy atom. The molecule has 0 aromatic carbocycles. The van der Waals surface area contributed by atoms with Gasteiger partial charge in [0.05, 0.1) is 0 Å². The lowest BCUT2D eigenvalue weighted by Gasteiger charge is -2.26. The second-order valence-electron chi connectivity index (χ2n) is 7.13. The van der Waals surface area contributed by atoms with E-state index in [2.05, 4.69) is 17.6 Å². The minimum atomic E-state index is -0.449. The van der Waals surface area contributed by atoms with Gasteiger partial charge in [-0.3, -0.25) is 0 Å². The first-order valence-corrected chi connectivity index (χ1v) is 8.71. The fraction of sp³-hybridized carbons (Fsp3) is 0.941. The molecule has 0 bridgehead atoms. The van der Waals surface area contributed by atoms with Gasteiger partial charge in [0.2, 0.25) is 0 Å². The second kappa shape index (κ2) is 10.1. The number of nitrogens with one attached hydrogen (secondary N) is 2. The monoisotopic (exact) mass is 314 g/mol. The number of amides is 1. The van der Waals surface area contributed by atoms with Gasteiger partial charge in [-0.05, 0) is 46.5 Å². The van der Waals surface area contributed by atoms with E-state index in [0.717, 1.165) is 45.3 Å². The summed E-state index contributed by atoms with van der Waals surface area (Å²) in [6.45, 7) is 10.1. The summed E-state index contributed by atoms with van der Waals surface area (Å²) in [5.74, 6) is 0. The molecule has 22 heavy (non-hydrogen) atoms. The molecule has 5 nitrogen and oxygen atoms in total. The van der Waals surface area contributed by atoms with E-state index in [1.54, 1.807) is 0 Å². The SMILES string of the molecule is CCCCC(CNC(=O)OC(C)(C)C)NC1CCCOCC1. The maximum absolute atomic E-state index is 11.8. The summed E-state index contributed by atoms with van der Waals surface area (Å²) in [6, 6.07) is 0.792. The van der Waals surface area contributed by atoms with Crippen LogP contribution in [0, 0.1) is 0 Å². The van der Waals surface area contributed by atoms with Crippen molar-refractivity contribution in [2.75, 3.05) is 19.8 Å². The van der Waals surface area contributed by atoms with Crippen LogP contribution in [-0.4, -0.2) is 43.5 Å². The molecule has 0 radical (unpaired) electrons. The minimum Gasteiger partial charge on any atom is -0.444 e. The fourth-order valence-corrected chi connectivity index (χ4v) is 2.62. The maximum atomic E-state index is 11.8. The van der Waals surface area contributed by atoms with Crippen LogP contribution in [0.2, 0.25) is 0 Å². The van der Waals surface area contributed by atoms with Crippen LogP contribution in [0.25, 0.3) is 0 Å². The summed E-state index contributed by atoms with van der Waals surface area (Å²) < 4.78 is 10.8. The van der Waals surface area contributed by atoms with Gasteiger partial charge in [0, 0.05) is 31.8 Å². The lowest BCUT2D eigenvalue weighted by molar-refractivity contribution is 0.0520. The van der Waals surface area contributed by atoms with Crippen molar-refractivity contribution >= 4 is 6.09 Å².